The van der Waals surface area contributed by atoms with Gasteiger partial charge >= 0.3 is 5.63 Å². The maximum Gasteiger partial charge on any atom is 0.339 e. The Morgan fingerprint density at radius 2 is 1.57 bits per heavy atom. The Balaban J connectivity index is 1.53. The first-order chi connectivity index (χ1) is 14.4. The highest BCUT2D eigenvalue weighted by molar-refractivity contribution is 5.96. The molecule has 0 spiro atoms. The summed E-state index contributed by atoms with van der Waals surface area (Å²) in [7, 11) is 0. The molecule has 5 heteroatoms. The van der Waals surface area contributed by atoms with Gasteiger partial charge in [-0.05, 0) is 57.2 Å². The Morgan fingerprint density at radius 3 is 2.30 bits per heavy atom. The van der Waals surface area contributed by atoms with Gasteiger partial charge in [0.15, 0.2) is 0 Å². The number of fused-ring (bicyclic) bond motifs is 2. The monoisotopic (exact) mass is 409 g/mol. The molecule has 0 radical (unpaired) electrons. The second kappa shape index (κ2) is 8.66. The average molecular weight is 410 g/mol. The van der Waals surface area contributed by atoms with E-state index < -0.39 is 0 Å². The van der Waals surface area contributed by atoms with Crippen LogP contribution in [0.1, 0.15) is 73.8 Å². The van der Waals surface area contributed by atoms with E-state index >= 15 is 0 Å². The van der Waals surface area contributed by atoms with E-state index in [0.717, 1.165) is 46.1 Å². The van der Waals surface area contributed by atoms with Gasteiger partial charge in [-0.1, -0.05) is 32.1 Å². The second-order valence-corrected chi connectivity index (χ2v) is 8.73. The lowest BCUT2D eigenvalue weighted by Crippen LogP contribution is -2.35. The standard InChI is InChI=1S/C25H31NO4/c1-15-17(3)29-22-14-23-21(13-20(15)22)16(2)19(25(28)30-23)11-12-24(27)26-18-9-7-5-4-6-8-10-18/h13-14,18H,4-12H2,1-3H3,(H,26,27). The lowest BCUT2D eigenvalue weighted by Gasteiger charge is -2.21. The molecule has 2 heterocycles. The molecule has 2 aromatic heterocycles. The van der Waals surface area contributed by atoms with Gasteiger partial charge in [-0.25, -0.2) is 4.79 Å². The molecule has 1 aromatic carbocycles. The minimum atomic E-state index is -0.363. The maximum atomic E-state index is 12.6. The fourth-order valence-electron chi connectivity index (χ4n) is 4.65. The Hall–Kier alpha value is -2.56. The van der Waals surface area contributed by atoms with E-state index in [4.69, 9.17) is 8.83 Å². The molecule has 0 saturated heterocycles. The third-order valence-electron chi connectivity index (χ3n) is 6.66. The minimum Gasteiger partial charge on any atom is -0.461 e. The van der Waals surface area contributed by atoms with Crippen LogP contribution in [0.3, 0.4) is 0 Å². The number of hydrogen-bond acceptors (Lipinski definition) is 4. The molecule has 0 unspecified atom stereocenters. The number of benzene rings is 1. The molecule has 5 nitrogen and oxygen atoms in total. The van der Waals surface area contributed by atoms with E-state index in [0.29, 0.717) is 24.0 Å². The van der Waals surface area contributed by atoms with Crippen molar-refractivity contribution in [2.45, 2.75) is 84.6 Å². The van der Waals surface area contributed by atoms with Crippen LogP contribution in [0.15, 0.2) is 25.8 Å². The molecule has 0 atom stereocenters. The summed E-state index contributed by atoms with van der Waals surface area (Å²) in [5.74, 6) is 0.891. The number of nitrogens with one attached hydrogen (secondary N) is 1. The summed E-state index contributed by atoms with van der Waals surface area (Å²) in [5.41, 5.74) is 3.47. The highest BCUT2D eigenvalue weighted by atomic mass is 16.4. The second-order valence-electron chi connectivity index (χ2n) is 8.73. The van der Waals surface area contributed by atoms with Gasteiger partial charge in [-0.2, -0.15) is 0 Å². The van der Waals surface area contributed by atoms with Crippen LogP contribution in [-0.2, 0) is 11.2 Å². The van der Waals surface area contributed by atoms with Gasteiger partial charge in [0.05, 0.1) is 0 Å². The predicted octanol–water partition coefficient (Wildman–Crippen LogP) is 5.63. The van der Waals surface area contributed by atoms with Crippen LogP contribution in [0.25, 0.3) is 21.9 Å². The number of rotatable bonds is 4. The van der Waals surface area contributed by atoms with Gasteiger partial charge in [0.1, 0.15) is 16.9 Å². The molecule has 0 bridgehead atoms. The Kier molecular flexibility index (Phi) is 5.98. The molecule has 1 aliphatic carbocycles. The van der Waals surface area contributed by atoms with E-state index in [1.807, 2.05) is 26.8 Å². The molecule has 1 aliphatic rings. The molecule has 0 aliphatic heterocycles. The van der Waals surface area contributed by atoms with E-state index in [2.05, 4.69) is 5.32 Å². The molecule has 30 heavy (non-hydrogen) atoms. The maximum absolute atomic E-state index is 12.6. The predicted molar refractivity (Wildman–Crippen MR) is 119 cm³/mol. The lowest BCUT2D eigenvalue weighted by molar-refractivity contribution is -0.121. The van der Waals surface area contributed by atoms with Crippen LogP contribution in [0.4, 0.5) is 0 Å². The quantitative estimate of drug-likeness (QED) is 0.567. The topological polar surface area (TPSA) is 72.5 Å². The third kappa shape index (κ3) is 4.16. The fourth-order valence-corrected chi connectivity index (χ4v) is 4.65. The summed E-state index contributed by atoms with van der Waals surface area (Å²) in [5, 5.41) is 5.12. The molecule has 3 aromatic rings. The van der Waals surface area contributed by atoms with E-state index in [1.54, 1.807) is 6.07 Å². The van der Waals surface area contributed by atoms with E-state index in [-0.39, 0.29) is 17.6 Å². The normalized spacial score (nSPS) is 16.0. The van der Waals surface area contributed by atoms with Crippen molar-refractivity contribution in [2.75, 3.05) is 0 Å². The molecular weight excluding hydrogens is 378 g/mol. The van der Waals surface area contributed by atoms with Crippen LogP contribution in [0, 0.1) is 20.8 Å². The van der Waals surface area contributed by atoms with E-state index in [1.165, 1.54) is 32.1 Å². The largest absolute Gasteiger partial charge is 0.461 e. The van der Waals surface area contributed by atoms with Crippen molar-refractivity contribution in [3.8, 4) is 0 Å². The van der Waals surface area contributed by atoms with Crippen molar-refractivity contribution < 1.29 is 13.6 Å². The first-order valence-corrected chi connectivity index (χ1v) is 11.2. The average Bonchev–Trinajstić information content (AvgIpc) is 2.95. The summed E-state index contributed by atoms with van der Waals surface area (Å²) in [6, 6.07) is 4.10. The van der Waals surface area contributed by atoms with Gasteiger partial charge in [0, 0.05) is 34.9 Å². The van der Waals surface area contributed by atoms with E-state index in [9.17, 15) is 9.59 Å². The smallest absolute Gasteiger partial charge is 0.339 e. The van der Waals surface area contributed by atoms with Crippen molar-refractivity contribution in [2.24, 2.45) is 0 Å². The fraction of sp³-hybridized carbons (Fsp3) is 0.520. The highest BCUT2D eigenvalue weighted by Gasteiger charge is 2.18. The first kappa shape index (κ1) is 20.7. The van der Waals surface area contributed by atoms with Gasteiger partial charge in [-0.15, -0.1) is 0 Å². The first-order valence-electron chi connectivity index (χ1n) is 11.2. The Bertz CT molecular complexity index is 1130. The van der Waals surface area contributed by atoms with Crippen molar-refractivity contribution in [1.29, 1.82) is 0 Å². The van der Waals surface area contributed by atoms with Crippen molar-refractivity contribution >= 4 is 27.8 Å². The van der Waals surface area contributed by atoms with Crippen LogP contribution in [-0.4, -0.2) is 11.9 Å². The molecule has 1 saturated carbocycles. The third-order valence-corrected chi connectivity index (χ3v) is 6.66. The van der Waals surface area contributed by atoms with Gasteiger partial charge in [0.2, 0.25) is 5.91 Å². The minimum absolute atomic E-state index is 0.0243. The summed E-state index contributed by atoms with van der Waals surface area (Å²) in [6.07, 6.45) is 9.00. The zero-order chi connectivity index (χ0) is 21.3. The molecule has 1 N–H and O–H groups in total. The molecular formula is C25H31NO4. The van der Waals surface area contributed by atoms with Gasteiger partial charge in [-0.3, -0.25) is 4.79 Å². The van der Waals surface area contributed by atoms with Gasteiger partial charge in [0.25, 0.3) is 0 Å². The number of furan rings is 1. The summed E-state index contributed by atoms with van der Waals surface area (Å²) < 4.78 is 11.4. The van der Waals surface area contributed by atoms with Crippen LogP contribution in [0.5, 0.6) is 0 Å². The molecule has 4 rings (SSSR count). The SMILES string of the molecule is Cc1oc2cc3oc(=O)c(CCC(=O)NC4CCCCCCC4)c(C)c3cc2c1C. The van der Waals surface area contributed by atoms with Crippen molar-refractivity contribution in [1.82, 2.24) is 5.32 Å². The highest BCUT2D eigenvalue weighted by Crippen LogP contribution is 2.31. The number of carbonyl (C=O) groups is 1. The Morgan fingerprint density at radius 1 is 0.933 bits per heavy atom. The lowest BCUT2D eigenvalue weighted by atomic mass is 9.96. The molecule has 160 valence electrons. The zero-order valence-corrected chi connectivity index (χ0v) is 18.2. The summed E-state index contributed by atoms with van der Waals surface area (Å²) in [6.45, 7) is 5.90. The molecule has 1 amide bonds. The number of hydrogen-bond donors (Lipinski definition) is 1. The number of carbonyl (C=O) groups excluding carboxylic acids is 1. The van der Waals surface area contributed by atoms with Crippen molar-refractivity contribution in [3.63, 3.8) is 0 Å². The van der Waals surface area contributed by atoms with Crippen LogP contribution < -0.4 is 10.9 Å². The molecule has 1 fully saturated rings. The summed E-state index contributed by atoms with van der Waals surface area (Å²) >= 11 is 0. The number of aryl methyl sites for hydroxylation is 3. The van der Waals surface area contributed by atoms with Gasteiger partial charge < -0.3 is 14.2 Å². The zero-order valence-electron chi connectivity index (χ0n) is 18.2. The summed E-state index contributed by atoms with van der Waals surface area (Å²) in [4.78, 5) is 25.2. The number of amides is 1. The Labute approximate surface area is 176 Å². The van der Waals surface area contributed by atoms with Crippen molar-refractivity contribution in [3.05, 3.63) is 45.0 Å². The van der Waals surface area contributed by atoms with Crippen LogP contribution in [0.2, 0.25) is 0 Å². The van der Waals surface area contributed by atoms with Crippen LogP contribution >= 0.6 is 0 Å².